The van der Waals surface area contributed by atoms with Crippen LogP contribution in [-0.2, 0) is 0 Å². The second-order valence-electron chi connectivity index (χ2n) is 2.55. The molecule has 0 aliphatic carbocycles. The molecular formula is C9H8BrF2NO. The Hall–Kier alpha value is -0.970. The van der Waals surface area contributed by atoms with Crippen molar-refractivity contribution < 1.29 is 13.6 Å². The maximum atomic E-state index is 13.0. The molecule has 0 aliphatic rings. The van der Waals surface area contributed by atoms with Gasteiger partial charge in [-0.25, -0.2) is 8.78 Å². The highest BCUT2D eigenvalue weighted by Crippen LogP contribution is 2.10. The van der Waals surface area contributed by atoms with E-state index in [2.05, 4.69) is 21.2 Å². The molecule has 0 atom stereocenters. The van der Waals surface area contributed by atoms with Gasteiger partial charge in [0.1, 0.15) is 0 Å². The van der Waals surface area contributed by atoms with Crippen molar-refractivity contribution in [1.29, 1.82) is 0 Å². The summed E-state index contributed by atoms with van der Waals surface area (Å²) in [6.07, 6.45) is 0. The Morgan fingerprint density at radius 1 is 1.43 bits per heavy atom. The van der Waals surface area contributed by atoms with Crippen molar-refractivity contribution in [3.8, 4) is 0 Å². The molecule has 0 radical (unpaired) electrons. The quantitative estimate of drug-likeness (QED) is 0.832. The van der Waals surface area contributed by atoms with Crippen molar-refractivity contribution in [3.63, 3.8) is 0 Å². The highest BCUT2D eigenvalue weighted by molar-refractivity contribution is 9.09. The minimum atomic E-state index is -1.11. The third-order valence-corrected chi connectivity index (χ3v) is 1.97. The summed E-state index contributed by atoms with van der Waals surface area (Å²) in [6, 6.07) is 3.50. The number of carbonyl (C=O) groups is 1. The second kappa shape index (κ2) is 5.05. The van der Waals surface area contributed by atoms with E-state index in [9.17, 15) is 13.6 Å². The maximum absolute atomic E-state index is 13.0. The molecule has 0 bridgehead atoms. The van der Waals surface area contributed by atoms with Crippen molar-refractivity contribution in [1.82, 2.24) is 5.32 Å². The standard InChI is InChI=1S/C9H8BrF2NO/c10-4-5-13-9(14)6-2-1-3-7(11)8(6)12/h1-3H,4-5H2,(H,13,14). The van der Waals surface area contributed by atoms with Crippen LogP contribution in [0.1, 0.15) is 10.4 Å². The summed E-state index contributed by atoms with van der Waals surface area (Å²) in [5.74, 6) is -2.74. The number of rotatable bonds is 3. The van der Waals surface area contributed by atoms with Crippen LogP contribution in [0.4, 0.5) is 8.78 Å². The first-order valence-electron chi connectivity index (χ1n) is 3.95. The second-order valence-corrected chi connectivity index (χ2v) is 3.34. The fraction of sp³-hybridized carbons (Fsp3) is 0.222. The lowest BCUT2D eigenvalue weighted by atomic mass is 10.2. The summed E-state index contributed by atoms with van der Waals surface area (Å²) in [6.45, 7) is 0.370. The minimum Gasteiger partial charge on any atom is -0.351 e. The first-order valence-corrected chi connectivity index (χ1v) is 5.07. The highest BCUT2D eigenvalue weighted by Gasteiger charge is 2.13. The van der Waals surface area contributed by atoms with Crippen LogP contribution in [0.25, 0.3) is 0 Å². The molecule has 1 aromatic rings. The SMILES string of the molecule is O=C(NCCBr)c1cccc(F)c1F. The monoisotopic (exact) mass is 263 g/mol. The van der Waals surface area contributed by atoms with E-state index in [-0.39, 0.29) is 5.56 Å². The van der Waals surface area contributed by atoms with Crippen LogP contribution in [0, 0.1) is 11.6 Å². The van der Waals surface area contributed by atoms with E-state index < -0.39 is 17.5 Å². The highest BCUT2D eigenvalue weighted by atomic mass is 79.9. The zero-order valence-electron chi connectivity index (χ0n) is 7.19. The molecule has 0 fully saturated rings. The molecule has 1 rings (SSSR count). The largest absolute Gasteiger partial charge is 0.351 e. The Kier molecular flexibility index (Phi) is 4.00. The van der Waals surface area contributed by atoms with E-state index in [1.54, 1.807) is 0 Å². The van der Waals surface area contributed by atoms with E-state index in [0.717, 1.165) is 6.07 Å². The molecule has 0 spiro atoms. The number of hydrogen-bond acceptors (Lipinski definition) is 1. The smallest absolute Gasteiger partial charge is 0.254 e. The summed E-state index contributed by atoms with van der Waals surface area (Å²) < 4.78 is 25.7. The lowest BCUT2D eigenvalue weighted by Gasteiger charge is -2.04. The number of hydrogen-bond donors (Lipinski definition) is 1. The van der Waals surface area contributed by atoms with Crippen LogP contribution in [0.5, 0.6) is 0 Å². The van der Waals surface area contributed by atoms with E-state index in [1.807, 2.05) is 0 Å². The molecule has 0 aliphatic heterocycles. The summed E-state index contributed by atoms with van der Waals surface area (Å²) >= 11 is 3.10. The third kappa shape index (κ3) is 2.51. The lowest BCUT2D eigenvalue weighted by Crippen LogP contribution is -2.26. The predicted octanol–water partition coefficient (Wildman–Crippen LogP) is 2.09. The third-order valence-electron chi connectivity index (χ3n) is 1.58. The molecule has 76 valence electrons. The van der Waals surface area contributed by atoms with Crippen molar-refractivity contribution in [2.24, 2.45) is 0 Å². The maximum Gasteiger partial charge on any atom is 0.254 e. The van der Waals surface area contributed by atoms with Crippen LogP contribution >= 0.6 is 15.9 Å². The van der Waals surface area contributed by atoms with E-state index in [4.69, 9.17) is 0 Å². The van der Waals surface area contributed by atoms with Crippen molar-refractivity contribution in [3.05, 3.63) is 35.4 Å². The average Bonchev–Trinajstić information content (AvgIpc) is 2.18. The topological polar surface area (TPSA) is 29.1 Å². The summed E-state index contributed by atoms with van der Waals surface area (Å²) in [5, 5.41) is 2.99. The Labute approximate surface area is 88.4 Å². The molecule has 0 saturated heterocycles. The molecule has 1 aromatic carbocycles. The summed E-state index contributed by atoms with van der Waals surface area (Å²) in [5.41, 5.74) is -0.272. The van der Waals surface area contributed by atoms with Crippen molar-refractivity contribution in [2.75, 3.05) is 11.9 Å². The fourth-order valence-electron chi connectivity index (χ4n) is 0.935. The number of amides is 1. The van der Waals surface area contributed by atoms with E-state index in [1.165, 1.54) is 12.1 Å². The molecule has 0 saturated carbocycles. The molecule has 5 heteroatoms. The van der Waals surface area contributed by atoms with Gasteiger partial charge in [0.05, 0.1) is 5.56 Å². The minimum absolute atomic E-state index is 0.272. The average molecular weight is 264 g/mol. The number of carbonyl (C=O) groups excluding carboxylic acids is 1. The van der Waals surface area contributed by atoms with Gasteiger partial charge in [0.25, 0.3) is 5.91 Å². The zero-order valence-corrected chi connectivity index (χ0v) is 8.77. The molecule has 0 heterocycles. The van der Waals surface area contributed by atoms with Gasteiger partial charge in [0.2, 0.25) is 0 Å². The van der Waals surface area contributed by atoms with Crippen LogP contribution in [0.15, 0.2) is 18.2 Å². The van der Waals surface area contributed by atoms with E-state index >= 15 is 0 Å². The molecule has 14 heavy (non-hydrogen) atoms. The number of alkyl halides is 1. The van der Waals surface area contributed by atoms with Crippen LogP contribution in [-0.4, -0.2) is 17.8 Å². The van der Waals surface area contributed by atoms with Gasteiger partial charge >= 0.3 is 0 Å². The Morgan fingerprint density at radius 2 is 2.14 bits per heavy atom. The first kappa shape index (κ1) is 11.1. The molecule has 0 unspecified atom stereocenters. The van der Waals surface area contributed by atoms with Crippen LogP contribution in [0.3, 0.4) is 0 Å². The van der Waals surface area contributed by atoms with Gasteiger partial charge in [0, 0.05) is 11.9 Å². The Morgan fingerprint density at radius 3 is 2.79 bits per heavy atom. The molecule has 2 nitrogen and oxygen atoms in total. The van der Waals surface area contributed by atoms with Gasteiger partial charge in [-0.3, -0.25) is 4.79 Å². The van der Waals surface area contributed by atoms with Gasteiger partial charge in [-0.2, -0.15) is 0 Å². The van der Waals surface area contributed by atoms with Crippen LogP contribution < -0.4 is 5.32 Å². The number of benzene rings is 1. The number of nitrogens with one attached hydrogen (secondary N) is 1. The Balaban J connectivity index is 2.84. The molecule has 1 N–H and O–H groups in total. The van der Waals surface area contributed by atoms with Gasteiger partial charge in [-0.05, 0) is 12.1 Å². The van der Waals surface area contributed by atoms with Gasteiger partial charge in [-0.1, -0.05) is 22.0 Å². The Bertz CT molecular complexity index is 344. The fourth-order valence-corrected chi connectivity index (χ4v) is 1.13. The zero-order chi connectivity index (χ0) is 10.6. The lowest BCUT2D eigenvalue weighted by molar-refractivity contribution is 0.0951. The van der Waals surface area contributed by atoms with Crippen molar-refractivity contribution in [2.45, 2.75) is 0 Å². The molecule has 1 amide bonds. The van der Waals surface area contributed by atoms with Gasteiger partial charge in [0.15, 0.2) is 11.6 Å². The normalized spacial score (nSPS) is 9.93. The van der Waals surface area contributed by atoms with E-state index in [0.29, 0.717) is 11.9 Å². The molecule has 0 aromatic heterocycles. The van der Waals surface area contributed by atoms with Crippen molar-refractivity contribution >= 4 is 21.8 Å². The van der Waals surface area contributed by atoms with Crippen LogP contribution in [0.2, 0.25) is 0 Å². The van der Waals surface area contributed by atoms with Gasteiger partial charge in [-0.15, -0.1) is 0 Å². The predicted molar refractivity (Wildman–Crippen MR) is 52.5 cm³/mol. The summed E-state index contributed by atoms with van der Waals surface area (Å²) in [4.78, 5) is 11.2. The van der Waals surface area contributed by atoms with Gasteiger partial charge < -0.3 is 5.32 Å². The summed E-state index contributed by atoms with van der Waals surface area (Å²) in [7, 11) is 0. The molecular weight excluding hydrogens is 256 g/mol. The number of halogens is 3. The first-order chi connectivity index (χ1) is 6.66.